The summed E-state index contributed by atoms with van der Waals surface area (Å²) in [5.74, 6) is -0.543. The summed E-state index contributed by atoms with van der Waals surface area (Å²) >= 11 is 0. The maximum absolute atomic E-state index is 12.2. The van der Waals surface area contributed by atoms with Crippen molar-refractivity contribution in [2.45, 2.75) is 38.2 Å². The number of carbonyl (C=O) groups excluding carboxylic acids is 1. The van der Waals surface area contributed by atoms with Crippen molar-refractivity contribution in [1.82, 2.24) is 10.2 Å². The lowest BCUT2D eigenvalue weighted by Crippen LogP contribution is -2.53. The fourth-order valence-electron chi connectivity index (χ4n) is 2.44. The van der Waals surface area contributed by atoms with Crippen LogP contribution in [0.3, 0.4) is 0 Å². The van der Waals surface area contributed by atoms with E-state index in [1.54, 1.807) is 4.90 Å². The van der Waals surface area contributed by atoms with Crippen LogP contribution >= 0.6 is 0 Å². The maximum atomic E-state index is 12.2. The second kappa shape index (κ2) is 5.08. The van der Waals surface area contributed by atoms with Gasteiger partial charge in [-0.25, -0.2) is 8.78 Å². The van der Waals surface area contributed by atoms with Crippen LogP contribution in [0.4, 0.5) is 8.78 Å². The number of likely N-dealkylation sites (tertiary alicyclic amines) is 1. The van der Waals surface area contributed by atoms with Crippen LogP contribution in [-0.4, -0.2) is 42.9 Å². The minimum atomic E-state index is -2.24. The van der Waals surface area contributed by atoms with E-state index in [-0.39, 0.29) is 12.5 Å². The van der Waals surface area contributed by atoms with Crippen LogP contribution in [0.1, 0.15) is 25.7 Å². The number of nitrogens with one attached hydrogen (secondary N) is 1. The first-order chi connectivity index (χ1) is 7.65. The molecule has 1 saturated heterocycles. The van der Waals surface area contributed by atoms with Gasteiger partial charge in [0.05, 0.1) is 6.54 Å². The normalized spacial score (nSPS) is 23.7. The van der Waals surface area contributed by atoms with Crippen LogP contribution in [0, 0.1) is 5.92 Å². The molecule has 2 rings (SSSR count). The third-order valence-electron chi connectivity index (χ3n) is 3.43. The van der Waals surface area contributed by atoms with Gasteiger partial charge in [0.2, 0.25) is 12.3 Å². The summed E-state index contributed by atoms with van der Waals surface area (Å²) in [6, 6.07) is 0.319. The highest BCUT2D eigenvalue weighted by molar-refractivity contribution is 5.78. The first-order valence-corrected chi connectivity index (χ1v) is 5.95. The van der Waals surface area contributed by atoms with E-state index in [9.17, 15) is 13.6 Å². The summed E-state index contributed by atoms with van der Waals surface area (Å²) in [7, 11) is 0. The molecule has 0 aromatic rings. The van der Waals surface area contributed by atoms with Crippen molar-refractivity contribution in [1.29, 1.82) is 0 Å². The van der Waals surface area contributed by atoms with Gasteiger partial charge < -0.3 is 5.32 Å². The zero-order chi connectivity index (χ0) is 11.5. The Hall–Kier alpha value is -0.710. The van der Waals surface area contributed by atoms with Crippen molar-refractivity contribution >= 4 is 5.91 Å². The molecule has 1 saturated carbocycles. The van der Waals surface area contributed by atoms with Crippen LogP contribution in [-0.2, 0) is 4.79 Å². The molecule has 0 atom stereocenters. The van der Waals surface area contributed by atoms with Gasteiger partial charge >= 0.3 is 0 Å². The first-order valence-electron chi connectivity index (χ1n) is 5.95. The quantitative estimate of drug-likeness (QED) is 0.791. The van der Waals surface area contributed by atoms with Crippen LogP contribution in [0.15, 0.2) is 0 Å². The lowest BCUT2D eigenvalue weighted by atomic mass is 10.0. The van der Waals surface area contributed by atoms with Gasteiger partial charge in [-0.15, -0.1) is 0 Å². The lowest BCUT2D eigenvalue weighted by Gasteiger charge is -2.38. The number of hydrogen-bond acceptors (Lipinski definition) is 2. The predicted octanol–water partition coefficient (Wildman–Crippen LogP) is 1.24. The Balaban J connectivity index is 1.61. The number of halogens is 2. The van der Waals surface area contributed by atoms with Crippen molar-refractivity contribution in [3.8, 4) is 0 Å². The maximum Gasteiger partial charge on any atom is 0.243 e. The number of amides is 1. The summed E-state index contributed by atoms with van der Waals surface area (Å²) < 4.78 is 24.4. The average molecular weight is 232 g/mol. The number of alkyl halides is 2. The van der Waals surface area contributed by atoms with Gasteiger partial charge in [-0.2, -0.15) is 0 Å². The van der Waals surface area contributed by atoms with Crippen molar-refractivity contribution in [3.63, 3.8) is 0 Å². The highest BCUT2D eigenvalue weighted by Gasteiger charge is 2.34. The van der Waals surface area contributed by atoms with E-state index in [4.69, 9.17) is 0 Å². The Kier molecular flexibility index (Phi) is 3.74. The average Bonchev–Trinajstić information content (AvgIpc) is 2.62. The molecule has 3 nitrogen and oxygen atoms in total. The summed E-state index contributed by atoms with van der Waals surface area (Å²) in [4.78, 5) is 13.3. The van der Waals surface area contributed by atoms with Crippen LogP contribution < -0.4 is 5.32 Å². The van der Waals surface area contributed by atoms with Gasteiger partial charge in [-0.1, -0.05) is 12.8 Å². The van der Waals surface area contributed by atoms with Crippen molar-refractivity contribution in [3.05, 3.63) is 0 Å². The van der Waals surface area contributed by atoms with Gasteiger partial charge in [-0.05, 0) is 12.8 Å². The highest BCUT2D eigenvalue weighted by Crippen LogP contribution is 2.22. The molecule has 0 bridgehead atoms. The molecule has 1 amide bonds. The van der Waals surface area contributed by atoms with E-state index in [1.165, 1.54) is 12.8 Å². The second-order valence-corrected chi connectivity index (χ2v) is 4.84. The fourth-order valence-corrected chi connectivity index (χ4v) is 2.44. The fraction of sp³-hybridized carbons (Fsp3) is 0.909. The largest absolute Gasteiger partial charge is 0.352 e. The molecule has 0 unspecified atom stereocenters. The Bertz CT molecular complexity index is 248. The van der Waals surface area contributed by atoms with E-state index in [0.29, 0.717) is 19.1 Å². The molecule has 1 aliphatic heterocycles. The van der Waals surface area contributed by atoms with E-state index < -0.39 is 12.3 Å². The molecule has 0 spiro atoms. The number of hydrogen-bond donors (Lipinski definition) is 1. The zero-order valence-corrected chi connectivity index (χ0v) is 9.29. The summed E-state index contributed by atoms with van der Waals surface area (Å²) in [5, 5.41) is 2.95. The topological polar surface area (TPSA) is 32.3 Å². The standard InChI is InChI=1S/C11H18F2N2O/c12-11(13)8-5-15(6-8)7-10(16)14-9-3-1-2-4-9/h8-9,11H,1-7H2,(H,14,16). The molecule has 16 heavy (non-hydrogen) atoms. The number of carbonyl (C=O) groups is 1. The summed E-state index contributed by atoms with van der Waals surface area (Å²) in [6.07, 6.45) is 2.25. The van der Waals surface area contributed by atoms with E-state index >= 15 is 0 Å². The van der Waals surface area contributed by atoms with Gasteiger partial charge in [-0.3, -0.25) is 9.69 Å². The third-order valence-corrected chi connectivity index (χ3v) is 3.43. The minimum absolute atomic E-state index is 0.0142. The van der Waals surface area contributed by atoms with E-state index in [2.05, 4.69) is 5.32 Å². The molecule has 1 aliphatic carbocycles. The minimum Gasteiger partial charge on any atom is -0.352 e. The van der Waals surface area contributed by atoms with Crippen molar-refractivity contribution < 1.29 is 13.6 Å². The van der Waals surface area contributed by atoms with Gasteiger partial charge in [0.25, 0.3) is 0 Å². The van der Waals surface area contributed by atoms with E-state index in [1.807, 2.05) is 0 Å². The van der Waals surface area contributed by atoms with Gasteiger partial charge in [0.15, 0.2) is 0 Å². The highest BCUT2D eigenvalue weighted by atomic mass is 19.3. The lowest BCUT2D eigenvalue weighted by molar-refractivity contribution is -0.126. The van der Waals surface area contributed by atoms with Crippen molar-refractivity contribution in [2.75, 3.05) is 19.6 Å². The molecule has 2 aliphatic rings. The van der Waals surface area contributed by atoms with E-state index in [0.717, 1.165) is 12.8 Å². The van der Waals surface area contributed by atoms with Crippen LogP contribution in [0.25, 0.3) is 0 Å². The Labute approximate surface area is 94.2 Å². The molecule has 0 aromatic heterocycles. The molecule has 0 radical (unpaired) electrons. The predicted molar refractivity (Wildman–Crippen MR) is 56.3 cm³/mol. The summed E-state index contributed by atoms with van der Waals surface area (Å²) in [6.45, 7) is 0.991. The molecule has 2 fully saturated rings. The Morgan fingerprint density at radius 1 is 1.31 bits per heavy atom. The monoisotopic (exact) mass is 232 g/mol. The van der Waals surface area contributed by atoms with Gasteiger partial charge in [0, 0.05) is 25.0 Å². The second-order valence-electron chi connectivity index (χ2n) is 4.84. The number of nitrogens with zero attached hydrogens (tertiary/aromatic N) is 1. The molecule has 1 heterocycles. The molecular formula is C11H18F2N2O. The van der Waals surface area contributed by atoms with Crippen LogP contribution in [0.2, 0.25) is 0 Å². The molecule has 92 valence electrons. The molecule has 1 N–H and O–H groups in total. The Morgan fingerprint density at radius 2 is 1.94 bits per heavy atom. The SMILES string of the molecule is O=C(CN1CC(C(F)F)C1)NC1CCCC1. The smallest absolute Gasteiger partial charge is 0.243 e. The third kappa shape index (κ3) is 2.90. The molecule has 5 heteroatoms. The molecular weight excluding hydrogens is 214 g/mol. The Morgan fingerprint density at radius 3 is 2.50 bits per heavy atom. The number of rotatable bonds is 4. The first kappa shape index (κ1) is 11.8. The van der Waals surface area contributed by atoms with Crippen LogP contribution in [0.5, 0.6) is 0 Å². The zero-order valence-electron chi connectivity index (χ0n) is 9.29. The summed E-state index contributed by atoms with van der Waals surface area (Å²) in [5.41, 5.74) is 0. The van der Waals surface area contributed by atoms with Gasteiger partial charge in [0.1, 0.15) is 0 Å². The molecule has 0 aromatic carbocycles. The van der Waals surface area contributed by atoms with Crippen molar-refractivity contribution in [2.24, 2.45) is 5.92 Å².